The predicted molar refractivity (Wildman–Crippen MR) is 104 cm³/mol. The first-order valence-electron chi connectivity index (χ1n) is 8.49. The third kappa shape index (κ3) is 3.24. The van der Waals surface area contributed by atoms with E-state index in [1.54, 1.807) is 7.11 Å². The number of methoxy groups -OCH3 is 1. The van der Waals surface area contributed by atoms with Gasteiger partial charge in [-0.15, -0.1) is 0 Å². The molecule has 0 fully saturated rings. The number of aromatic nitrogens is 3. The highest BCUT2D eigenvalue weighted by Crippen LogP contribution is 2.24. The predicted octanol–water partition coefficient (Wildman–Crippen LogP) is 4.26. The van der Waals surface area contributed by atoms with E-state index >= 15 is 0 Å². The Morgan fingerprint density at radius 3 is 2.69 bits per heavy atom. The Labute approximate surface area is 152 Å². The van der Waals surface area contributed by atoms with Crippen LogP contribution in [0.3, 0.4) is 0 Å². The first kappa shape index (κ1) is 16.1. The van der Waals surface area contributed by atoms with Gasteiger partial charge >= 0.3 is 0 Å². The number of benzene rings is 2. The zero-order valence-corrected chi connectivity index (χ0v) is 14.8. The van der Waals surface area contributed by atoms with Crippen molar-refractivity contribution in [3.8, 4) is 17.0 Å². The minimum atomic E-state index is 0.659. The Hall–Kier alpha value is -3.34. The van der Waals surface area contributed by atoms with E-state index < -0.39 is 0 Å². The molecule has 0 atom stereocenters. The SMILES string of the molecule is COc1ccc2nc(NCc3cn(C)nc3-c3ccccc3)ccc2c1. The third-order valence-electron chi connectivity index (χ3n) is 4.31. The molecule has 130 valence electrons. The number of fused-ring (bicyclic) bond motifs is 1. The second kappa shape index (κ2) is 6.88. The second-order valence-electron chi connectivity index (χ2n) is 6.15. The summed E-state index contributed by atoms with van der Waals surface area (Å²) in [6.45, 7) is 0.659. The van der Waals surface area contributed by atoms with Gasteiger partial charge in [0.15, 0.2) is 0 Å². The largest absolute Gasteiger partial charge is 0.497 e. The third-order valence-corrected chi connectivity index (χ3v) is 4.31. The molecule has 2 aromatic heterocycles. The number of nitrogens with one attached hydrogen (secondary N) is 1. The number of nitrogens with zero attached hydrogens (tertiary/aromatic N) is 3. The molecule has 0 aliphatic heterocycles. The minimum Gasteiger partial charge on any atom is -0.497 e. The maximum atomic E-state index is 5.26. The molecule has 0 amide bonds. The maximum absolute atomic E-state index is 5.26. The lowest BCUT2D eigenvalue weighted by Crippen LogP contribution is -2.02. The highest BCUT2D eigenvalue weighted by atomic mass is 16.5. The highest BCUT2D eigenvalue weighted by Gasteiger charge is 2.10. The number of anilines is 1. The second-order valence-corrected chi connectivity index (χ2v) is 6.15. The summed E-state index contributed by atoms with van der Waals surface area (Å²) < 4.78 is 7.11. The van der Waals surface area contributed by atoms with Crippen LogP contribution in [0, 0.1) is 0 Å². The number of aryl methyl sites for hydroxylation is 1. The summed E-state index contributed by atoms with van der Waals surface area (Å²) >= 11 is 0. The summed E-state index contributed by atoms with van der Waals surface area (Å²) in [5, 5.41) is 9.07. The number of hydrogen-bond acceptors (Lipinski definition) is 4. The van der Waals surface area contributed by atoms with Crippen molar-refractivity contribution in [2.45, 2.75) is 6.54 Å². The Balaban J connectivity index is 1.57. The number of hydrogen-bond donors (Lipinski definition) is 1. The molecule has 5 heteroatoms. The molecule has 4 rings (SSSR count). The molecule has 0 saturated heterocycles. The molecule has 0 aliphatic rings. The van der Waals surface area contributed by atoms with Crippen molar-refractivity contribution in [3.05, 3.63) is 72.4 Å². The fourth-order valence-corrected chi connectivity index (χ4v) is 3.02. The van der Waals surface area contributed by atoms with E-state index in [9.17, 15) is 0 Å². The monoisotopic (exact) mass is 344 g/mol. The van der Waals surface area contributed by atoms with Crippen LogP contribution in [0.2, 0.25) is 0 Å². The number of ether oxygens (including phenoxy) is 1. The smallest absolute Gasteiger partial charge is 0.126 e. The summed E-state index contributed by atoms with van der Waals surface area (Å²) in [4.78, 5) is 4.68. The Kier molecular flexibility index (Phi) is 4.27. The van der Waals surface area contributed by atoms with E-state index in [2.05, 4.69) is 33.6 Å². The number of rotatable bonds is 5. The van der Waals surface area contributed by atoms with Crippen LogP contribution in [-0.4, -0.2) is 21.9 Å². The van der Waals surface area contributed by atoms with Crippen LogP contribution in [0.1, 0.15) is 5.56 Å². The lowest BCUT2D eigenvalue weighted by atomic mass is 10.1. The van der Waals surface area contributed by atoms with E-state index in [4.69, 9.17) is 4.74 Å². The standard InChI is InChI=1S/C21H20N4O/c1-25-14-17(21(24-25)15-6-4-3-5-7-15)13-22-20-11-8-16-12-18(26-2)9-10-19(16)23-20/h3-12,14H,13H2,1-2H3,(H,22,23). The van der Waals surface area contributed by atoms with Crippen LogP contribution in [0.4, 0.5) is 5.82 Å². The molecule has 0 spiro atoms. The van der Waals surface area contributed by atoms with Gasteiger partial charge in [-0.05, 0) is 30.3 Å². The van der Waals surface area contributed by atoms with Crippen LogP contribution < -0.4 is 10.1 Å². The Morgan fingerprint density at radius 2 is 1.88 bits per heavy atom. The van der Waals surface area contributed by atoms with Gasteiger partial charge in [0.1, 0.15) is 11.6 Å². The van der Waals surface area contributed by atoms with Gasteiger partial charge in [0.05, 0.1) is 18.3 Å². The van der Waals surface area contributed by atoms with Crippen molar-refractivity contribution in [1.82, 2.24) is 14.8 Å². The van der Waals surface area contributed by atoms with Crippen molar-refractivity contribution >= 4 is 16.7 Å². The van der Waals surface area contributed by atoms with Crippen molar-refractivity contribution in [3.63, 3.8) is 0 Å². The van der Waals surface area contributed by atoms with Crippen molar-refractivity contribution in [2.24, 2.45) is 7.05 Å². The lowest BCUT2D eigenvalue weighted by molar-refractivity contribution is 0.415. The molecule has 4 aromatic rings. The van der Waals surface area contributed by atoms with Crippen LogP contribution in [0.15, 0.2) is 66.9 Å². The average molecular weight is 344 g/mol. The molecule has 0 aliphatic carbocycles. The van der Waals surface area contributed by atoms with Gasteiger partial charge < -0.3 is 10.1 Å². The minimum absolute atomic E-state index is 0.659. The fraction of sp³-hybridized carbons (Fsp3) is 0.143. The summed E-state index contributed by atoms with van der Waals surface area (Å²) in [6, 6.07) is 20.1. The van der Waals surface area contributed by atoms with Gasteiger partial charge in [0, 0.05) is 36.3 Å². The summed E-state index contributed by atoms with van der Waals surface area (Å²) in [6.07, 6.45) is 2.04. The first-order valence-corrected chi connectivity index (χ1v) is 8.49. The normalized spacial score (nSPS) is 10.8. The van der Waals surface area contributed by atoms with E-state index in [-0.39, 0.29) is 0 Å². The lowest BCUT2D eigenvalue weighted by Gasteiger charge is -2.08. The van der Waals surface area contributed by atoms with Crippen LogP contribution >= 0.6 is 0 Å². The van der Waals surface area contributed by atoms with Crippen LogP contribution in [0.5, 0.6) is 5.75 Å². The van der Waals surface area contributed by atoms with E-state index in [0.717, 1.165) is 39.3 Å². The summed E-state index contributed by atoms with van der Waals surface area (Å²) in [7, 11) is 3.61. The van der Waals surface area contributed by atoms with Crippen molar-refractivity contribution < 1.29 is 4.74 Å². The Morgan fingerprint density at radius 1 is 1.04 bits per heavy atom. The van der Waals surface area contributed by atoms with Gasteiger partial charge in [-0.1, -0.05) is 30.3 Å². The first-order chi connectivity index (χ1) is 12.7. The molecule has 1 N–H and O–H groups in total. The molecule has 2 heterocycles. The van der Waals surface area contributed by atoms with Gasteiger partial charge in [-0.25, -0.2) is 4.98 Å². The molecular formula is C21H20N4O. The molecule has 5 nitrogen and oxygen atoms in total. The van der Waals surface area contributed by atoms with Gasteiger partial charge in [-0.3, -0.25) is 4.68 Å². The molecule has 0 unspecified atom stereocenters. The maximum Gasteiger partial charge on any atom is 0.126 e. The zero-order valence-electron chi connectivity index (χ0n) is 14.8. The molecular weight excluding hydrogens is 324 g/mol. The fourth-order valence-electron chi connectivity index (χ4n) is 3.02. The van der Waals surface area contributed by atoms with Gasteiger partial charge in [0.25, 0.3) is 0 Å². The summed E-state index contributed by atoms with van der Waals surface area (Å²) in [5.41, 5.74) is 4.18. The molecule has 0 saturated carbocycles. The molecule has 0 bridgehead atoms. The molecule has 0 radical (unpaired) electrons. The average Bonchev–Trinajstić information content (AvgIpc) is 3.07. The van der Waals surface area contributed by atoms with Gasteiger partial charge in [-0.2, -0.15) is 5.10 Å². The van der Waals surface area contributed by atoms with E-state index in [1.165, 1.54) is 0 Å². The van der Waals surface area contributed by atoms with Crippen molar-refractivity contribution in [1.29, 1.82) is 0 Å². The van der Waals surface area contributed by atoms with Gasteiger partial charge in [0.2, 0.25) is 0 Å². The van der Waals surface area contributed by atoms with Crippen LogP contribution in [-0.2, 0) is 13.6 Å². The van der Waals surface area contributed by atoms with Crippen LogP contribution in [0.25, 0.3) is 22.2 Å². The zero-order chi connectivity index (χ0) is 17.9. The number of pyridine rings is 1. The highest BCUT2D eigenvalue weighted by molar-refractivity contribution is 5.81. The topological polar surface area (TPSA) is 52.0 Å². The Bertz CT molecular complexity index is 1040. The van der Waals surface area contributed by atoms with E-state index in [0.29, 0.717) is 6.54 Å². The molecule has 26 heavy (non-hydrogen) atoms. The quantitative estimate of drug-likeness (QED) is 0.588. The van der Waals surface area contributed by atoms with E-state index in [1.807, 2.05) is 60.4 Å². The van der Waals surface area contributed by atoms with Crippen molar-refractivity contribution in [2.75, 3.05) is 12.4 Å². The summed E-state index contributed by atoms with van der Waals surface area (Å²) in [5.74, 6) is 1.67. The molecule has 2 aromatic carbocycles.